The zero-order valence-corrected chi connectivity index (χ0v) is 16.7. The van der Waals surface area contributed by atoms with Gasteiger partial charge in [0.25, 0.3) is 0 Å². The number of likely N-dealkylation sites (tertiary alicyclic amines) is 1. The molecule has 0 bridgehead atoms. The molecule has 150 valence electrons. The third-order valence-corrected chi connectivity index (χ3v) is 5.13. The molecule has 27 heavy (non-hydrogen) atoms. The average Bonchev–Trinajstić information content (AvgIpc) is 2.88. The summed E-state index contributed by atoms with van der Waals surface area (Å²) in [5, 5.41) is 10.3. The quantitative estimate of drug-likeness (QED) is 0.722. The number of para-hydroxylation sites is 2. The van der Waals surface area contributed by atoms with Gasteiger partial charge in [-0.15, -0.1) is 12.4 Å². The Bertz CT molecular complexity index is 664. The molecule has 0 radical (unpaired) electrons. The monoisotopic (exact) mass is 397 g/mol. The van der Waals surface area contributed by atoms with Crippen LogP contribution in [0.5, 0.6) is 5.75 Å². The number of halogens is 1. The molecule has 1 N–H and O–H groups in total. The first-order valence-corrected chi connectivity index (χ1v) is 9.12. The molecule has 8 heteroatoms. The summed E-state index contributed by atoms with van der Waals surface area (Å²) in [5.74, 6) is 0.248. The summed E-state index contributed by atoms with van der Waals surface area (Å²) in [5.41, 5.74) is 1.08. The summed E-state index contributed by atoms with van der Waals surface area (Å²) >= 11 is 0. The first-order valence-electron chi connectivity index (χ1n) is 9.12. The van der Waals surface area contributed by atoms with Crippen LogP contribution in [0.15, 0.2) is 24.3 Å². The highest BCUT2D eigenvalue weighted by Crippen LogP contribution is 2.28. The van der Waals surface area contributed by atoms with Gasteiger partial charge in [0.05, 0.1) is 25.4 Å². The Hall–Kier alpha value is -1.83. The fraction of sp³-hybridized carbons (Fsp3) is 0.579. The van der Waals surface area contributed by atoms with Crippen LogP contribution < -0.4 is 9.64 Å². The molecule has 0 aromatic heterocycles. The molecule has 2 saturated heterocycles. The van der Waals surface area contributed by atoms with Crippen molar-refractivity contribution in [1.29, 1.82) is 0 Å². The molecule has 1 aromatic carbocycles. The van der Waals surface area contributed by atoms with E-state index in [1.807, 2.05) is 18.2 Å². The maximum Gasteiger partial charge on any atom is 0.232 e. The normalized spacial score (nSPS) is 22.0. The molecular weight excluding hydrogens is 370 g/mol. The summed E-state index contributed by atoms with van der Waals surface area (Å²) in [6.07, 6.45) is -0.464. The highest BCUT2D eigenvalue weighted by atomic mass is 35.5. The van der Waals surface area contributed by atoms with E-state index in [1.165, 1.54) is 4.90 Å². The van der Waals surface area contributed by atoms with Gasteiger partial charge in [-0.25, -0.2) is 0 Å². The van der Waals surface area contributed by atoms with Gasteiger partial charge in [0.15, 0.2) is 0 Å². The van der Waals surface area contributed by atoms with Gasteiger partial charge in [0, 0.05) is 45.1 Å². The number of carbonyl (C=O) groups excluding carboxylic acids is 2. The third kappa shape index (κ3) is 4.91. The molecule has 0 spiro atoms. The lowest BCUT2D eigenvalue weighted by molar-refractivity contribution is -0.141. The Morgan fingerprint density at radius 2 is 1.81 bits per heavy atom. The number of benzene rings is 1. The van der Waals surface area contributed by atoms with Crippen molar-refractivity contribution in [2.75, 3.05) is 51.3 Å². The molecule has 2 aliphatic heterocycles. The van der Waals surface area contributed by atoms with E-state index >= 15 is 0 Å². The summed E-state index contributed by atoms with van der Waals surface area (Å²) < 4.78 is 5.43. The average molecular weight is 398 g/mol. The smallest absolute Gasteiger partial charge is 0.232 e. The highest BCUT2D eigenvalue weighted by Gasteiger charge is 2.36. The predicted octanol–water partition coefficient (Wildman–Crippen LogP) is 0.995. The van der Waals surface area contributed by atoms with Gasteiger partial charge < -0.3 is 14.7 Å². The van der Waals surface area contributed by atoms with E-state index in [1.54, 1.807) is 14.0 Å². The number of β-amino-alcohol motifs (C(OH)–C–C–N with tert-alkyl or cyclic N) is 1. The number of ether oxygens (including phenoxy) is 1. The maximum absolute atomic E-state index is 12.0. The molecule has 2 atom stereocenters. The van der Waals surface area contributed by atoms with Gasteiger partial charge >= 0.3 is 0 Å². The van der Waals surface area contributed by atoms with Crippen LogP contribution >= 0.6 is 12.4 Å². The second-order valence-corrected chi connectivity index (χ2v) is 7.06. The Balaban J connectivity index is 0.00000261. The maximum atomic E-state index is 12.0. The molecule has 1 aromatic rings. The minimum Gasteiger partial charge on any atom is -0.495 e. The number of amides is 2. The van der Waals surface area contributed by atoms with Gasteiger partial charge in [-0.1, -0.05) is 19.1 Å². The van der Waals surface area contributed by atoms with E-state index < -0.39 is 6.10 Å². The van der Waals surface area contributed by atoms with Crippen LogP contribution in [0.3, 0.4) is 0 Å². The van der Waals surface area contributed by atoms with Crippen molar-refractivity contribution >= 4 is 29.9 Å². The van der Waals surface area contributed by atoms with Crippen LogP contribution in [0.2, 0.25) is 0 Å². The molecular formula is C19H28ClN3O4. The van der Waals surface area contributed by atoms with E-state index in [-0.39, 0.29) is 43.1 Å². The van der Waals surface area contributed by atoms with Crippen molar-refractivity contribution in [1.82, 2.24) is 9.80 Å². The lowest BCUT2D eigenvalue weighted by Crippen LogP contribution is -2.50. The summed E-state index contributed by atoms with van der Waals surface area (Å²) in [4.78, 5) is 29.5. The number of hydrogen-bond acceptors (Lipinski definition) is 6. The second-order valence-electron chi connectivity index (χ2n) is 7.06. The fourth-order valence-electron chi connectivity index (χ4n) is 3.67. The number of hydrogen-bond donors (Lipinski definition) is 1. The molecule has 2 amide bonds. The molecule has 2 aliphatic rings. The predicted molar refractivity (Wildman–Crippen MR) is 105 cm³/mol. The van der Waals surface area contributed by atoms with Crippen LogP contribution in [0.4, 0.5) is 5.69 Å². The first-order chi connectivity index (χ1) is 12.5. The summed E-state index contributed by atoms with van der Waals surface area (Å²) in [6, 6.07) is 7.96. The summed E-state index contributed by atoms with van der Waals surface area (Å²) in [6.45, 7) is 5.61. The van der Waals surface area contributed by atoms with Gasteiger partial charge in [-0.3, -0.25) is 19.4 Å². The first kappa shape index (κ1) is 21.5. The van der Waals surface area contributed by atoms with Crippen molar-refractivity contribution in [2.24, 2.45) is 5.92 Å². The number of rotatable bonds is 6. The van der Waals surface area contributed by atoms with Crippen LogP contribution in [0.25, 0.3) is 0 Å². The van der Waals surface area contributed by atoms with Crippen molar-refractivity contribution < 1.29 is 19.4 Å². The van der Waals surface area contributed by atoms with E-state index in [4.69, 9.17) is 4.74 Å². The molecule has 2 fully saturated rings. The number of nitrogens with zero attached hydrogens (tertiary/aromatic N) is 3. The van der Waals surface area contributed by atoms with Crippen LogP contribution in [-0.2, 0) is 9.59 Å². The molecule has 2 unspecified atom stereocenters. The molecule has 7 nitrogen and oxygen atoms in total. The van der Waals surface area contributed by atoms with Crippen molar-refractivity contribution in [3.63, 3.8) is 0 Å². The molecule has 0 aliphatic carbocycles. The minimum atomic E-state index is -0.717. The Kier molecular flexibility index (Phi) is 7.47. The van der Waals surface area contributed by atoms with E-state index in [0.29, 0.717) is 6.54 Å². The minimum absolute atomic E-state index is 0. The summed E-state index contributed by atoms with van der Waals surface area (Å²) in [7, 11) is 1.67. The zero-order chi connectivity index (χ0) is 18.7. The number of methoxy groups -OCH3 is 1. The number of piperazine rings is 1. The van der Waals surface area contributed by atoms with E-state index in [9.17, 15) is 14.7 Å². The molecule has 2 heterocycles. The fourth-order valence-corrected chi connectivity index (χ4v) is 3.67. The molecule has 3 rings (SSSR count). The number of imide groups is 1. The van der Waals surface area contributed by atoms with Gasteiger partial charge in [-0.05, 0) is 12.1 Å². The Morgan fingerprint density at radius 1 is 1.15 bits per heavy atom. The number of aliphatic hydroxyl groups excluding tert-OH is 1. The zero-order valence-electron chi connectivity index (χ0n) is 15.8. The lowest BCUT2D eigenvalue weighted by Gasteiger charge is -2.37. The Labute approximate surface area is 166 Å². The topological polar surface area (TPSA) is 73.3 Å². The van der Waals surface area contributed by atoms with Crippen molar-refractivity contribution in [2.45, 2.75) is 19.4 Å². The number of carbonyl (C=O) groups is 2. The lowest BCUT2D eigenvalue weighted by atomic mass is 10.1. The van der Waals surface area contributed by atoms with E-state index in [2.05, 4.69) is 15.9 Å². The van der Waals surface area contributed by atoms with Crippen molar-refractivity contribution in [3.05, 3.63) is 24.3 Å². The van der Waals surface area contributed by atoms with Crippen LogP contribution in [0.1, 0.15) is 13.3 Å². The number of anilines is 1. The van der Waals surface area contributed by atoms with Gasteiger partial charge in [-0.2, -0.15) is 0 Å². The van der Waals surface area contributed by atoms with E-state index in [0.717, 1.165) is 37.6 Å². The second kappa shape index (κ2) is 9.39. The van der Waals surface area contributed by atoms with Crippen LogP contribution in [-0.4, -0.2) is 79.2 Å². The highest BCUT2D eigenvalue weighted by molar-refractivity contribution is 6.03. The largest absolute Gasteiger partial charge is 0.495 e. The SMILES string of the molecule is COc1ccccc1N1CCN(CC(O)CN2C(=O)CC(C)C2=O)CC1.Cl. The third-order valence-electron chi connectivity index (χ3n) is 5.13. The molecule has 0 saturated carbocycles. The standard InChI is InChI=1S/C19H27N3O4.ClH/c1-14-11-18(24)22(19(14)25)13-15(23)12-20-7-9-21(10-8-20)16-5-3-4-6-17(16)26-2;/h3-6,14-15,23H,7-13H2,1-2H3;1H. The van der Waals surface area contributed by atoms with Crippen LogP contribution in [0, 0.1) is 5.92 Å². The van der Waals surface area contributed by atoms with Gasteiger partial charge in [0.1, 0.15) is 5.75 Å². The van der Waals surface area contributed by atoms with Gasteiger partial charge in [0.2, 0.25) is 11.8 Å². The Morgan fingerprint density at radius 3 is 2.41 bits per heavy atom. The van der Waals surface area contributed by atoms with Crippen molar-refractivity contribution in [3.8, 4) is 5.75 Å². The number of aliphatic hydroxyl groups is 1.